The van der Waals surface area contributed by atoms with Crippen molar-refractivity contribution in [2.24, 2.45) is 0 Å². The molecule has 0 unspecified atom stereocenters. The number of aromatic nitrogens is 4. The van der Waals surface area contributed by atoms with Crippen LogP contribution in [0.3, 0.4) is 0 Å². The molecule has 6 nitrogen and oxygen atoms in total. The van der Waals surface area contributed by atoms with Crippen LogP contribution < -0.4 is 5.73 Å². The van der Waals surface area contributed by atoms with E-state index in [4.69, 9.17) is 10.5 Å². The molecule has 0 atom stereocenters. The van der Waals surface area contributed by atoms with Crippen molar-refractivity contribution < 1.29 is 9.13 Å². The maximum Gasteiger partial charge on any atom is 0.184 e. The lowest BCUT2D eigenvalue weighted by Gasteiger charge is -2.06. The van der Waals surface area contributed by atoms with Gasteiger partial charge in [-0.3, -0.25) is 0 Å². The summed E-state index contributed by atoms with van der Waals surface area (Å²) in [6, 6.07) is 4.16. The Hall–Kier alpha value is -2.02. The lowest BCUT2D eigenvalue weighted by Crippen LogP contribution is -2.06. The van der Waals surface area contributed by atoms with Crippen molar-refractivity contribution >= 4 is 5.69 Å². The SMILES string of the molecule is COCCCn1nnnc1-c1ccc(F)cc1N. The second kappa shape index (κ2) is 5.54. The van der Waals surface area contributed by atoms with Gasteiger partial charge in [0.2, 0.25) is 0 Å². The van der Waals surface area contributed by atoms with Gasteiger partial charge in [-0.05, 0) is 35.0 Å². The minimum absolute atomic E-state index is 0.317. The number of ether oxygens (including phenoxy) is 1. The summed E-state index contributed by atoms with van der Waals surface area (Å²) in [4.78, 5) is 0. The zero-order valence-electron chi connectivity index (χ0n) is 10.0. The van der Waals surface area contributed by atoms with E-state index in [0.29, 0.717) is 30.2 Å². The van der Waals surface area contributed by atoms with E-state index in [1.165, 1.54) is 12.1 Å². The number of methoxy groups -OCH3 is 1. The van der Waals surface area contributed by atoms with Crippen LogP contribution in [-0.4, -0.2) is 33.9 Å². The smallest absolute Gasteiger partial charge is 0.184 e. The third-order valence-electron chi connectivity index (χ3n) is 2.50. The average molecular weight is 251 g/mol. The van der Waals surface area contributed by atoms with Gasteiger partial charge in [0.15, 0.2) is 5.82 Å². The number of nitrogens with two attached hydrogens (primary N) is 1. The zero-order valence-corrected chi connectivity index (χ0v) is 10.0. The number of nitrogen functional groups attached to an aromatic ring is 1. The first-order valence-electron chi connectivity index (χ1n) is 5.53. The maximum absolute atomic E-state index is 13.0. The number of nitrogens with zero attached hydrogens (tertiary/aromatic N) is 4. The normalized spacial score (nSPS) is 10.8. The van der Waals surface area contributed by atoms with Crippen LogP contribution >= 0.6 is 0 Å². The van der Waals surface area contributed by atoms with Crippen LogP contribution in [0.4, 0.5) is 10.1 Å². The monoisotopic (exact) mass is 251 g/mol. The summed E-state index contributed by atoms with van der Waals surface area (Å²) in [5.74, 6) is 0.151. The predicted octanol–water partition coefficient (Wildman–Crippen LogP) is 1.10. The number of hydrogen-bond acceptors (Lipinski definition) is 5. The third-order valence-corrected chi connectivity index (χ3v) is 2.50. The van der Waals surface area contributed by atoms with Gasteiger partial charge in [0.05, 0.1) is 0 Å². The predicted molar refractivity (Wildman–Crippen MR) is 64.1 cm³/mol. The summed E-state index contributed by atoms with van der Waals surface area (Å²) in [6.07, 6.45) is 0.787. The van der Waals surface area contributed by atoms with Gasteiger partial charge < -0.3 is 10.5 Å². The first-order chi connectivity index (χ1) is 8.72. The molecule has 1 aromatic carbocycles. The summed E-state index contributed by atoms with van der Waals surface area (Å²) in [6.45, 7) is 1.24. The Kier molecular flexibility index (Phi) is 3.83. The van der Waals surface area contributed by atoms with Crippen LogP contribution in [0, 0.1) is 5.82 Å². The van der Waals surface area contributed by atoms with E-state index < -0.39 is 0 Å². The highest BCUT2D eigenvalue weighted by molar-refractivity contribution is 5.71. The Morgan fingerprint density at radius 2 is 2.28 bits per heavy atom. The molecule has 2 rings (SSSR count). The first kappa shape index (κ1) is 12.4. The molecule has 96 valence electrons. The van der Waals surface area contributed by atoms with E-state index in [1.54, 1.807) is 17.9 Å². The Balaban J connectivity index is 2.25. The molecule has 0 aliphatic rings. The highest BCUT2D eigenvalue weighted by atomic mass is 19.1. The van der Waals surface area contributed by atoms with Crippen LogP contribution in [0.15, 0.2) is 18.2 Å². The molecular weight excluding hydrogens is 237 g/mol. The molecule has 0 radical (unpaired) electrons. The fourth-order valence-corrected chi connectivity index (χ4v) is 1.64. The van der Waals surface area contributed by atoms with E-state index in [9.17, 15) is 4.39 Å². The van der Waals surface area contributed by atoms with Crippen molar-refractivity contribution in [2.45, 2.75) is 13.0 Å². The number of tetrazole rings is 1. The van der Waals surface area contributed by atoms with Crippen LogP contribution in [0.1, 0.15) is 6.42 Å². The second-order valence-electron chi connectivity index (χ2n) is 3.80. The van der Waals surface area contributed by atoms with Gasteiger partial charge in [-0.25, -0.2) is 9.07 Å². The summed E-state index contributed by atoms with van der Waals surface area (Å²) >= 11 is 0. The highest BCUT2D eigenvalue weighted by Crippen LogP contribution is 2.24. The van der Waals surface area contributed by atoms with Crippen molar-refractivity contribution in [2.75, 3.05) is 19.5 Å². The van der Waals surface area contributed by atoms with Crippen LogP contribution in [0.25, 0.3) is 11.4 Å². The third kappa shape index (κ3) is 2.62. The minimum atomic E-state index is -0.380. The van der Waals surface area contributed by atoms with Gasteiger partial charge in [-0.15, -0.1) is 5.10 Å². The molecule has 0 fully saturated rings. The standard InChI is InChI=1S/C11H14FN5O/c1-18-6-2-5-17-11(14-15-16-17)9-4-3-8(12)7-10(9)13/h3-4,7H,2,5-6,13H2,1H3. The number of benzene rings is 1. The number of rotatable bonds is 5. The van der Waals surface area contributed by atoms with E-state index in [-0.39, 0.29) is 5.82 Å². The molecule has 2 N–H and O–H groups in total. The van der Waals surface area contributed by atoms with Gasteiger partial charge in [-0.2, -0.15) is 0 Å². The number of anilines is 1. The molecule has 1 heterocycles. The maximum atomic E-state index is 13.0. The van der Waals surface area contributed by atoms with Gasteiger partial charge in [-0.1, -0.05) is 0 Å². The molecule has 0 saturated carbocycles. The molecular formula is C11H14FN5O. The molecule has 0 amide bonds. The summed E-state index contributed by atoms with van der Waals surface area (Å²) in [5.41, 5.74) is 6.70. The van der Waals surface area contributed by atoms with E-state index in [2.05, 4.69) is 15.5 Å². The van der Waals surface area contributed by atoms with Crippen LogP contribution in [-0.2, 0) is 11.3 Å². The largest absolute Gasteiger partial charge is 0.398 e. The Labute approximate surface area is 104 Å². The molecule has 0 aliphatic heterocycles. The summed E-state index contributed by atoms with van der Waals surface area (Å²) < 4.78 is 19.6. The highest BCUT2D eigenvalue weighted by Gasteiger charge is 2.12. The minimum Gasteiger partial charge on any atom is -0.398 e. The van der Waals surface area contributed by atoms with E-state index in [0.717, 1.165) is 6.42 Å². The fourth-order valence-electron chi connectivity index (χ4n) is 1.64. The zero-order chi connectivity index (χ0) is 13.0. The van der Waals surface area contributed by atoms with Gasteiger partial charge in [0.1, 0.15) is 5.82 Å². The van der Waals surface area contributed by atoms with Crippen molar-refractivity contribution in [3.05, 3.63) is 24.0 Å². The lowest BCUT2D eigenvalue weighted by molar-refractivity contribution is 0.189. The quantitative estimate of drug-likeness (QED) is 0.636. The molecule has 2 aromatic rings. The molecule has 0 saturated heterocycles. The van der Waals surface area contributed by atoms with Crippen LogP contribution in [0.5, 0.6) is 0 Å². The van der Waals surface area contributed by atoms with Crippen molar-refractivity contribution in [1.82, 2.24) is 20.2 Å². The second-order valence-corrected chi connectivity index (χ2v) is 3.80. The molecule has 18 heavy (non-hydrogen) atoms. The molecule has 7 heteroatoms. The molecule has 1 aromatic heterocycles. The first-order valence-corrected chi connectivity index (χ1v) is 5.53. The van der Waals surface area contributed by atoms with Crippen molar-refractivity contribution in [3.8, 4) is 11.4 Å². The van der Waals surface area contributed by atoms with E-state index in [1.807, 2.05) is 0 Å². The lowest BCUT2D eigenvalue weighted by atomic mass is 10.1. The molecule has 0 aliphatic carbocycles. The summed E-state index contributed by atoms with van der Waals surface area (Å²) in [5, 5.41) is 11.4. The Morgan fingerprint density at radius 1 is 1.44 bits per heavy atom. The Morgan fingerprint density at radius 3 is 3.00 bits per heavy atom. The molecule has 0 spiro atoms. The van der Waals surface area contributed by atoms with Gasteiger partial charge in [0, 0.05) is 31.5 Å². The van der Waals surface area contributed by atoms with Crippen LogP contribution in [0.2, 0.25) is 0 Å². The van der Waals surface area contributed by atoms with Gasteiger partial charge >= 0.3 is 0 Å². The van der Waals surface area contributed by atoms with Crippen molar-refractivity contribution in [1.29, 1.82) is 0 Å². The van der Waals surface area contributed by atoms with Gasteiger partial charge in [0.25, 0.3) is 0 Å². The summed E-state index contributed by atoms with van der Waals surface area (Å²) in [7, 11) is 1.64. The number of aryl methyl sites for hydroxylation is 1. The topological polar surface area (TPSA) is 78.8 Å². The Bertz CT molecular complexity index is 528. The molecule has 0 bridgehead atoms. The van der Waals surface area contributed by atoms with E-state index >= 15 is 0 Å². The number of hydrogen-bond donors (Lipinski definition) is 1. The fraction of sp³-hybridized carbons (Fsp3) is 0.364. The number of halogens is 1. The average Bonchev–Trinajstić information content (AvgIpc) is 2.78. The van der Waals surface area contributed by atoms with Crippen molar-refractivity contribution in [3.63, 3.8) is 0 Å².